The molecule has 0 saturated heterocycles. The SMILES string of the molecule is COc1ccc(C(=O)N[C@H](Cc2ccccc2)C2CC(O)C2)c(OC)c1. The van der Waals surface area contributed by atoms with Crippen molar-refractivity contribution >= 4 is 5.91 Å². The summed E-state index contributed by atoms with van der Waals surface area (Å²) in [6, 6.07) is 15.2. The Bertz CT molecular complexity index is 741. The topological polar surface area (TPSA) is 67.8 Å². The van der Waals surface area contributed by atoms with Crippen molar-refractivity contribution in [2.24, 2.45) is 5.92 Å². The Hall–Kier alpha value is -2.53. The molecule has 1 aliphatic carbocycles. The van der Waals surface area contributed by atoms with Gasteiger partial charge in [0.25, 0.3) is 5.91 Å². The first-order chi connectivity index (χ1) is 12.6. The van der Waals surface area contributed by atoms with Crippen LogP contribution >= 0.6 is 0 Å². The summed E-state index contributed by atoms with van der Waals surface area (Å²) >= 11 is 0. The number of benzene rings is 2. The molecular formula is C21H25NO4. The maximum absolute atomic E-state index is 12.9. The Morgan fingerprint density at radius 2 is 1.88 bits per heavy atom. The van der Waals surface area contributed by atoms with E-state index in [1.54, 1.807) is 25.3 Å². The monoisotopic (exact) mass is 355 g/mol. The van der Waals surface area contributed by atoms with E-state index in [0.717, 1.165) is 19.3 Å². The number of carbonyl (C=O) groups is 1. The van der Waals surface area contributed by atoms with E-state index in [1.807, 2.05) is 18.2 Å². The minimum Gasteiger partial charge on any atom is -0.497 e. The lowest BCUT2D eigenvalue weighted by atomic mass is 9.75. The van der Waals surface area contributed by atoms with E-state index in [1.165, 1.54) is 12.7 Å². The third-order valence-electron chi connectivity index (χ3n) is 4.99. The number of nitrogens with one attached hydrogen (secondary N) is 1. The van der Waals surface area contributed by atoms with Gasteiger partial charge in [-0.15, -0.1) is 0 Å². The van der Waals surface area contributed by atoms with Crippen molar-refractivity contribution in [3.8, 4) is 11.5 Å². The number of methoxy groups -OCH3 is 2. The van der Waals surface area contributed by atoms with Gasteiger partial charge in [0.2, 0.25) is 0 Å². The predicted molar refractivity (Wildman–Crippen MR) is 99.7 cm³/mol. The Morgan fingerprint density at radius 3 is 2.50 bits per heavy atom. The molecule has 0 radical (unpaired) electrons. The minimum absolute atomic E-state index is 0.0277. The van der Waals surface area contributed by atoms with E-state index < -0.39 is 0 Å². The van der Waals surface area contributed by atoms with Crippen LogP contribution in [0.4, 0.5) is 0 Å². The van der Waals surface area contributed by atoms with E-state index in [4.69, 9.17) is 9.47 Å². The highest BCUT2D eigenvalue weighted by Crippen LogP contribution is 2.32. The quantitative estimate of drug-likeness (QED) is 0.801. The van der Waals surface area contributed by atoms with Gasteiger partial charge >= 0.3 is 0 Å². The van der Waals surface area contributed by atoms with Crippen LogP contribution in [0, 0.1) is 5.92 Å². The smallest absolute Gasteiger partial charge is 0.255 e. The van der Waals surface area contributed by atoms with E-state index in [2.05, 4.69) is 17.4 Å². The molecule has 26 heavy (non-hydrogen) atoms. The largest absolute Gasteiger partial charge is 0.497 e. The third kappa shape index (κ3) is 4.17. The zero-order valence-corrected chi connectivity index (χ0v) is 15.1. The van der Waals surface area contributed by atoms with Gasteiger partial charge in [0.05, 0.1) is 25.9 Å². The van der Waals surface area contributed by atoms with Crippen molar-refractivity contribution in [3.05, 3.63) is 59.7 Å². The van der Waals surface area contributed by atoms with Gasteiger partial charge in [-0.3, -0.25) is 4.79 Å². The van der Waals surface area contributed by atoms with Gasteiger partial charge in [-0.25, -0.2) is 0 Å². The number of rotatable bonds is 7. The van der Waals surface area contributed by atoms with Crippen molar-refractivity contribution in [3.63, 3.8) is 0 Å². The van der Waals surface area contributed by atoms with Crippen molar-refractivity contribution < 1.29 is 19.4 Å². The molecule has 2 N–H and O–H groups in total. The number of carbonyl (C=O) groups excluding carboxylic acids is 1. The van der Waals surface area contributed by atoms with Crippen LogP contribution in [0.5, 0.6) is 11.5 Å². The van der Waals surface area contributed by atoms with Crippen molar-refractivity contribution in [1.29, 1.82) is 0 Å². The molecule has 0 unspecified atom stereocenters. The highest BCUT2D eigenvalue weighted by atomic mass is 16.5. The fourth-order valence-corrected chi connectivity index (χ4v) is 3.39. The van der Waals surface area contributed by atoms with E-state index in [-0.39, 0.29) is 24.0 Å². The molecule has 0 spiro atoms. The Kier molecular flexibility index (Phi) is 5.78. The highest BCUT2D eigenvalue weighted by Gasteiger charge is 2.35. The molecular weight excluding hydrogens is 330 g/mol. The second-order valence-corrected chi connectivity index (χ2v) is 6.72. The lowest BCUT2D eigenvalue weighted by Crippen LogP contribution is -2.48. The number of hydrogen-bond acceptors (Lipinski definition) is 4. The average molecular weight is 355 g/mol. The molecule has 5 nitrogen and oxygen atoms in total. The first-order valence-electron chi connectivity index (χ1n) is 8.85. The summed E-state index contributed by atoms with van der Waals surface area (Å²) in [5, 5.41) is 12.8. The van der Waals surface area contributed by atoms with Crippen LogP contribution in [0.15, 0.2) is 48.5 Å². The van der Waals surface area contributed by atoms with Gasteiger partial charge in [0.15, 0.2) is 0 Å². The third-order valence-corrected chi connectivity index (χ3v) is 4.99. The van der Waals surface area contributed by atoms with Crippen LogP contribution in [0.25, 0.3) is 0 Å². The lowest BCUT2D eigenvalue weighted by molar-refractivity contribution is 0.0239. The standard InChI is InChI=1S/C21H25NO4/c1-25-17-8-9-18(20(13-17)26-2)21(24)22-19(15-11-16(23)12-15)10-14-6-4-3-5-7-14/h3-9,13,15-16,19,23H,10-12H2,1-2H3,(H,22,24)/t15?,16?,19-/m1/s1. The number of ether oxygens (including phenoxy) is 2. The van der Waals surface area contributed by atoms with Crippen molar-refractivity contribution in [2.45, 2.75) is 31.4 Å². The van der Waals surface area contributed by atoms with Crippen LogP contribution in [0.1, 0.15) is 28.8 Å². The highest BCUT2D eigenvalue weighted by molar-refractivity contribution is 5.97. The molecule has 2 aromatic carbocycles. The summed E-state index contributed by atoms with van der Waals surface area (Å²) in [5.74, 6) is 1.22. The van der Waals surface area contributed by atoms with E-state index in [0.29, 0.717) is 17.1 Å². The molecule has 1 aliphatic rings. The fourth-order valence-electron chi connectivity index (χ4n) is 3.39. The maximum Gasteiger partial charge on any atom is 0.255 e. The van der Waals surface area contributed by atoms with Crippen molar-refractivity contribution in [1.82, 2.24) is 5.32 Å². The second kappa shape index (κ2) is 8.23. The summed E-state index contributed by atoms with van der Waals surface area (Å²) in [4.78, 5) is 12.9. The lowest BCUT2D eigenvalue weighted by Gasteiger charge is -2.38. The van der Waals surface area contributed by atoms with Crippen molar-refractivity contribution in [2.75, 3.05) is 14.2 Å². The first-order valence-corrected chi connectivity index (χ1v) is 8.85. The van der Waals surface area contributed by atoms with Gasteiger partial charge in [-0.05, 0) is 42.9 Å². The van der Waals surface area contributed by atoms with Crippen LogP contribution < -0.4 is 14.8 Å². The Morgan fingerprint density at radius 1 is 1.15 bits per heavy atom. The normalized spacial score (nSPS) is 20.0. The molecule has 3 rings (SSSR count). The molecule has 0 aromatic heterocycles. The zero-order valence-electron chi connectivity index (χ0n) is 15.1. The van der Waals surface area contributed by atoms with E-state index in [9.17, 15) is 9.90 Å². The molecule has 138 valence electrons. The summed E-state index contributed by atoms with van der Waals surface area (Å²) < 4.78 is 10.5. The zero-order chi connectivity index (χ0) is 18.5. The summed E-state index contributed by atoms with van der Waals surface area (Å²) in [6.45, 7) is 0. The van der Waals surface area contributed by atoms with Gasteiger partial charge in [0, 0.05) is 12.1 Å². The summed E-state index contributed by atoms with van der Waals surface area (Å²) in [6.07, 6.45) is 1.92. The van der Waals surface area contributed by atoms with Gasteiger partial charge in [-0.1, -0.05) is 30.3 Å². The first kappa shape index (κ1) is 18.3. The van der Waals surface area contributed by atoms with Gasteiger partial charge < -0.3 is 19.9 Å². The second-order valence-electron chi connectivity index (χ2n) is 6.72. The predicted octanol–water partition coefficient (Wildman–Crippen LogP) is 2.82. The Labute approximate surface area is 153 Å². The summed E-state index contributed by atoms with van der Waals surface area (Å²) in [5.41, 5.74) is 1.65. The molecule has 0 heterocycles. The Balaban J connectivity index is 1.76. The molecule has 0 bridgehead atoms. The molecule has 1 saturated carbocycles. The fraction of sp³-hybridized carbons (Fsp3) is 0.381. The molecule has 0 aliphatic heterocycles. The minimum atomic E-state index is -0.259. The number of hydrogen-bond donors (Lipinski definition) is 2. The average Bonchev–Trinajstić information content (AvgIpc) is 2.65. The van der Waals surface area contributed by atoms with Crippen LogP contribution in [-0.2, 0) is 6.42 Å². The van der Waals surface area contributed by atoms with Crippen LogP contribution in [0.3, 0.4) is 0 Å². The van der Waals surface area contributed by atoms with Crippen LogP contribution in [0.2, 0.25) is 0 Å². The van der Waals surface area contributed by atoms with Gasteiger partial charge in [-0.2, -0.15) is 0 Å². The molecule has 2 aromatic rings. The molecule has 1 atom stereocenters. The molecule has 1 amide bonds. The summed E-state index contributed by atoms with van der Waals surface area (Å²) in [7, 11) is 3.11. The number of aliphatic hydroxyl groups is 1. The van der Waals surface area contributed by atoms with Gasteiger partial charge in [0.1, 0.15) is 11.5 Å². The molecule has 5 heteroatoms. The van der Waals surface area contributed by atoms with E-state index >= 15 is 0 Å². The van der Waals surface area contributed by atoms with Crippen LogP contribution in [-0.4, -0.2) is 37.4 Å². The maximum atomic E-state index is 12.9. The number of aliphatic hydroxyl groups excluding tert-OH is 1. The number of amides is 1. The molecule has 1 fully saturated rings.